The second kappa shape index (κ2) is 7.85. The molecule has 7 nitrogen and oxygen atoms in total. The molecule has 0 spiro atoms. The van der Waals surface area contributed by atoms with Crippen LogP contribution in [0.4, 0.5) is 5.69 Å². The van der Waals surface area contributed by atoms with Crippen molar-refractivity contribution in [1.82, 2.24) is 19.3 Å². The van der Waals surface area contributed by atoms with Gasteiger partial charge in [0, 0.05) is 55.8 Å². The van der Waals surface area contributed by atoms with E-state index in [2.05, 4.69) is 21.9 Å². The van der Waals surface area contributed by atoms with Crippen molar-refractivity contribution >= 4 is 27.2 Å². The Morgan fingerprint density at radius 3 is 2.81 bits per heavy atom. The Kier molecular flexibility index (Phi) is 4.19. The fourth-order valence-corrected chi connectivity index (χ4v) is 5.00. The number of anilines is 1. The first kappa shape index (κ1) is 16.5. The van der Waals surface area contributed by atoms with Gasteiger partial charge in [0.05, 0.1) is 34.5 Å². The van der Waals surface area contributed by atoms with Gasteiger partial charge in [-0.15, -0.1) is 0 Å². The van der Waals surface area contributed by atoms with Gasteiger partial charge >= 0.3 is 4.87 Å². The minimum Gasteiger partial charge on any atom is -0.487 e. The van der Waals surface area contributed by atoms with Crippen molar-refractivity contribution in [3.8, 4) is 16.9 Å². The van der Waals surface area contributed by atoms with Crippen LogP contribution >= 0.6 is 11.3 Å². The maximum atomic E-state index is 12.3. The molecule has 3 aromatic heterocycles. The first-order valence-corrected chi connectivity index (χ1v) is 11.0. The maximum absolute atomic E-state index is 12.3. The van der Waals surface area contributed by atoms with Gasteiger partial charge in [0.1, 0.15) is 6.10 Å². The molecule has 8 heteroatoms. The molecule has 0 saturated carbocycles. The van der Waals surface area contributed by atoms with Crippen molar-refractivity contribution in [1.29, 1.82) is 0 Å². The van der Waals surface area contributed by atoms with Crippen LogP contribution in [0.1, 0.15) is 22.5 Å². The molecule has 0 amide bonds. The zero-order valence-electron chi connectivity index (χ0n) is 20.4. The predicted molar refractivity (Wildman–Crippen MR) is 124 cm³/mol. The van der Waals surface area contributed by atoms with E-state index in [9.17, 15) is 4.79 Å². The van der Waals surface area contributed by atoms with Crippen molar-refractivity contribution in [2.24, 2.45) is 14.0 Å². The topological polar surface area (TPSA) is 65.2 Å². The van der Waals surface area contributed by atoms with Crippen LogP contribution in [0.3, 0.4) is 0 Å². The number of piperidine rings is 1. The van der Waals surface area contributed by atoms with E-state index in [0.717, 1.165) is 70.0 Å². The summed E-state index contributed by atoms with van der Waals surface area (Å²) in [5.41, 5.74) is 4.48. The smallest absolute Gasteiger partial charge is 0.307 e. The van der Waals surface area contributed by atoms with Crippen LogP contribution in [0.25, 0.3) is 21.3 Å². The molecule has 4 heterocycles. The number of hydrogen-bond donors (Lipinski definition) is 0. The molecule has 0 bridgehead atoms. The van der Waals surface area contributed by atoms with Crippen LogP contribution in [-0.4, -0.2) is 38.5 Å². The molecule has 0 atom stereocenters. The fourth-order valence-electron chi connectivity index (χ4n) is 4.18. The number of thiazole rings is 1. The molecule has 5 rings (SSSR count). The molecule has 1 aromatic carbocycles. The number of fused-ring (bicyclic) bond motifs is 1. The average Bonchev–Trinajstić information content (AvgIpc) is 3.35. The van der Waals surface area contributed by atoms with Crippen LogP contribution in [0.15, 0.2) is 47.8 Å². The highest BCUT2D eigenvalue weighted by Gasteiger charge is 2.23. The number of rotatable bonds is 4. The molecule has 4 aromatic rings. The Morgan fingerprint density at radius 2 is 2.06 bits per heavy atom. The highest BCUT2D eigenvalue weighted by Crippen LogP contribution is 2.33. The summed E-state index contributed by atoms with van der Waals surface area (Å²) in [5.74, 6) is 0.797. The Bertz CT molecular complexity index is 1400. The van der Waals surface area contributed by atoms with Crippen molar-refractivity contribution in [2.75, 3.05) is 18.0 Å². The molecule has 0 aliphatic carbocycles. The second-order valence-electron chi connectivity index (χ2n) is 7.87. The van der Waals surface area contributed by atoms with Gasteiger partial charge in [-0.05, 0) is 30.2 Å². The average molecular weight is 439 g/mol. The van der Waals surface area contributed by atoms with E-state index in [0.29, 0.717) is 10.2 Å². The SMILES string of the molecule is [2H]C([2H])([2H])n1c(=O)sc2cc(-c3cncc(N4CCC(Oc5cnn(C)c5)CC4)c3C)ccc21. The molecule has 31 heavy (non-hydrogen) atoms. The van der Waals surface area contributed by atoms with E-state index in [-0.39, 0.29) is 6.10 Å². The highest BCUT2D eigenvalue weighted by atomic mass is 32.1. The summed E-state index contributed by atoms with van der Waals surface area (Å²) in [6, 6.07) is 5.45. The molecular weight excluding hydrogens is 410 g/mol. The third-order valence-corrected chi connectivity index (χ3v) is 6.75. The molecule has 0 N–H and O–H groups in total. The highest BCUT2D eigenvalue weighted by molar-refractivity contribution is 7.16. The van der Waals surface area contributed by atoms with E-state index in [4.69, 9.17) is 8.85 Å². The summed E-state index contributed by atoms with van der Waals surface area (Å²) in [6.45, 7) is 1.30. The van der Waals surface area contributed by atoms with Crippen LogP contribution < -0.4 is 14.5 Å². The lowest BCUT2D eigenvalue weighted by Crippen LogP contribution is -2.38. The largest absolute Gasteiger partial charge is 0.487 e. The summed E-state index contributed by atoms with van der Waals surface area (Å²) >= 11 is 0.952. The number of nitrogens with zero attached hydrogens (tertiary/aromatic N) is 5. The van der Waals surface area contributed by atoms with Crippen molar-refractivity contribution in [2.45, 2.75) is 25.9 Å². The van der Waals surface area contributed by atoms with Crippen LogP contribution in [0.2, 0.25) is 0 Å². The number of aryl methyl sites for hydroxylation is 2. The Balaban J connectivity index is 1.38. The monoisotopic (exact) mass is 438 g/mol. The lowest BCUT2D eigenvalue weighted by molar-refractivity contribution is 0.171. The maximum Gasteiger partial charge on any atom is 0.307 e. The molecule has 160 valence electrons. The molecule has 1 aliphatic heterocycles. The fraction of sp³-hybridized carbons (Fsp3) is 0.348. The van der Waals surface area contributed by atoms with Gasteiger partial charge in [0.15, 0.2) is 5.75 Å². The van der Waals surface area contributed by atoms with Gasteiger partial charge in [0.2, 0.25) is 0 Å². The van der Waals surface area contributed by atoms with Crippen molar-refractivity contribution < 1.29 is 8.85 Å². The summed E-state index contributed by atoms with van der Waals surface area (Å²) < 4.78 is 32.3. The predicted octanol–water partition coefficient (Wildman–Crippen LogP) is 3.75. The lowest BCUT2D eigenvalue weighted by Gasteiger charge is -2.34. The van der Waals surface area contributed by atoms with Crippen LogP contribution in [0.5, 0.6) is 5.75 Å². The Labute approximate surface area is 188 Å². The molecule has 1 aliphatic rings. The third kappa shape index (κ3) is 3.72. The molecule has 0 unspecified atom stereocenters. The number of benzene rings is 1. The van der Waals surface area contributed by atoms with Crippen molar-refractivity contribution in [3.05, 3.63) is 58.2 Å². The zero-order valence-corrected chi connectivity index (χ0v) is 18.2. The van der Waals surface area contributed by atoms with E-state index < -0.39 is 11.8 Å². The standard InChI is InChI=1S/C23H25N5O2S/c1-15-19(16-4-5-20-22(10-16)31-23(29)27(20)3)12-24-13-21(15)28-8-6-17(7-9-28)30-18-11-25-26(2)14-18/h4-5,10-14,17H,6-9H2,1-3H3/i3D3. The number of hydrogen-bond acceptors (Lipinski definition) is 6. The Hall–Kier alpha value is -3.13. The van der Waals surface area contributed by atoms with Gasteiger partial charge in [-0.25, -0.2) is 0 Å². The quantitative estimate of drug-likeness (QED) is 0.486. The number of aromatic nitrogens is 4. The number of ether oxygens (including phenoxy) is 1. The third-order valence-electron chi connectivity index (χ3n) is 5.85. The minimum atomic E-state index is -2.50. The van der Waals surface area contributed by atoms with E-state index in [1.54, 1.807) is 16.9 Å². The second-order valence-corrected chi connectivity index (χ2v) is 8.86. The van der Waals surface area contributed by atoms with Gasteiger partial charge in [-0.3, -0.25) is 14.5 Å². The Morgan fingerprint density at radius 1 is 1.23 bits per heavy atom. The molecule has 1 saturated heterocycles. The molecule has 1 fully saturated rings. The van der Waals surface area contributed by atoms with Gasteiger partial charge < -0.3 is 14.2 Å². The van der Waals surface area contributed by atoms with E-state index >= 15 is 0 Å². The molecular formula is C23H25N5O2S. The zero-order chi connectivity index (χ0) is 24.0. The van der Waals surface area contributed by atoms with Crippen LogP contribution in [-0.2, 0) is 14.0 Å². The summed E-state index contributed by atoms with van der Waals surface area (Å²) in [5, 5.41) is 4.16. The van der Waals surface area contributed by atoms with Crippen molar-refractivity contribution in [3.63, 3.8) is 0 Å². The lowest BCUT2D eigenvalue weighted by atomic mass is 10.00. The van der Waals surface area contributed by atoms with Gasteiger partial charge in [0.25, 0.3) is 0 Å². The summed E-state index contributed by atoms with van der Waals surface area (Å²) in [6.07, 6.45) is 9.30. The summed E-state index contributed by atoms with van der Waals surface area (Å²) in [4.78, 5) is 18.6. The first-order valence-electron chi connectivity index (χ1n) is 11.7. The van der Waals surface area contributed by atoms with Gasteiger partial charge in [-0.2, -0.15) is 5.10 Å². The molecule has 0 radical (unpaired) electrons. The first-order chi connectivity index (χ1) is 16.2. The van der Waals surface area contributed by atoms with Gasteiger partial charge in [-0.1, -0.05) is 17.4 Å². The normalized spacial score (nSPS) is 16.8. The van der Waals surface area contributed by atoms with E-state index in [1.165, 1.54) is 0 Å². The van der Waals surface area contributed by atoms with Crippen LogP contribution in [0, 0.1) is 6.92 Å². The summed E-state index contributed by atoms with van der Waals surface area (Å²) in [7, 11) is 1.87. The minimum absolute atomic E-state index is 0.157. The number of pyridine rings is 1. The van der Waals surface area contributed by atoms with E-state index in [1.807, 2.05) is 37.8 Å².